The second-order valence-electron chi connectivity index (χ2n) is 6.10. The summed E-state index contributed by atoms with van der Waals surface area (Å²) in [6.45, 7) is 2.01. The van der Waals surface area contributed by atoms with Crippen molar-refractivity contribution >= 4 is 16.2 Å². The molecule has 1 saturated heterocycles. The van der Waals surface area contributed by atoms with Gasteiger partial charge in [-0.2, -0.15) is 17.4 Å². The number of nitrogens with zero attached hydrogens (tertiary/aromatic N) is 2. The fourth-order valence-corrected chi connectivity index (χ4v) is 3.86. The van der Waals surface area contributed by atoms with Gasteiger partial charge in [-0.05, 0) is 33.9 Å². The van der Waals surface area contributed by atoms with Crippen LogP contribution in [-0.2, 0) is 15.0 Å². The van der Waals surface area contributed by atoms with Crippen molar-refractivity contribution in [2.24, 2.45) is 5.92 Å². The predicted octanol–water partition coefficient (Wildman–Crippen LogP) is -1.07. The first-order chi connectivity index (χ1) is 9.53. The summed E-state index contributed by atoms with van der Waals surface area (Å²) in [7, 11) is -0.212. The molecule has 0 saturated carbocycles. The van der Waals surface area contributed by atoms with E-state index in [2.05, 4.69) is 4.72 Å². The van der Waals surface area contributed by atoms with Crippen molar-refractivity contribution in [1.29, 1.82) is 0 Å². The van der Waals surface area contributed by atoms with Gasteiger partial charge < -0.3 is 15.1 Å². The maximum absolute atomic E-state index is 12.2. The Morgan fingerprint density at radius 1 is 1.48 bits per heavy atom. The molecule has 1 rings (SSSR count). The van der Waals surface area contributed by atoms with E-state index in [-0.39, 0.29) is 13.1 Å². The van der Waals surface area contributed by atoms with Crippen molar-refractivity contribution in [2.75, 3.05) is 40.3 Å². The van der Waals surface area contributed by atoms with Crippen LogP contribution in [0.5, 0.6) is 0 Å². The maximum Gasteiger partial charge on any atom is 0.307 e. The number of piperidine rings is 1. The van der Waals surface area contributed by atoms with Crippen LogP contribution in [0.15, 0.2) is 0 Å². The van der Waals surface area contributed by atoms with E-state index in [9.17, 15) is 18.3 Å². The predicted molar refractivity (Wildman–Crippen MR) is 78.0 cm³/mol. The van der Waals surface area contributed by atoms with Gasteiger partial charge in [-0.1, -0.05) is 0 Å². The van der Waals surface area contributed by atoms with Gasteiger partial charge in [0.2, 0.25) is 0 Å². The Morgan fingerprint density at radius 2 is 2.10 bits per heavy atom. The minimum Gasteiger partial charge on any atom is -0.481 e. The van der Waals surface area contributed by atoms with E-state index in [1.165, 1.54) is 0 Å². The molecule has 0 bridgehead atoms. The molecule has 9 heteroatoms. The van der Waals surface area contributed by atoms with Crippen LogP contribution >= 0.6 is 0 Å². The Bertz CT molecular complexity index is 464. The Hall–Kier alpha value is -0.740. The first kappa shape index (κ1) is 18.3. The number of carbonyl (C=O) groups is 1. The van der Waals surface area contributed by atoms with Gasteiger partial charge in [0.15, 0.2) is 0 Å². The summed E-state index contributed by atoms with van der Waals surface area (Å²) in [6.07, 6.45) is 1.01. The third kappa shape index (κ3) is 5.87. The van der Waals surface area contributed by atoms with Crippen LogP contribution in [0.2, 0.25) is 0 Å². The van der Waals surface area contributed by atoms with Gasteiger partial charge in [-0.3, -0.25) is 4.79 Å². The highest BCUT2D eigenvalue weighted by Gasteiger charge is 2.33. The Balaban J connectivity index is 2.62. The van der Waals surface area contributed by atoms with Crippen molar-refractivity contribution in [3.8, 4) is 0 Å². The van der Waals surface area contributed by atoms with E-state index >= 15 is 0 Å². The zero-order chi connectivity index (χ0) is 16.3. The van der Waals surface area contributed by atoms with Gasteiger partial charge in [0, 0.05) is 26.2 Å². The number of aliphatic carboxylic acids is 1. The molecule has 1 heterocycles. The maximum atomic E-state index is 12.2. The van der Waals surface area contributed by atoms with Crippen LogP contribution in [0.4, 0.5) is 0 Å². The molecular formula is C12H25N3O5S. The first-order valence-electron chi connectivity index (χ1n) is 6.88. The third-order valence-corrected chi connectivity index (χ3v) is 4.89. The molecule has 0 spiro atoms. The van der Waals surface area contributed by atoms with Crippen LogP contribution < -0.4 is 4.72 Å². The molecule has 2 unspecified atom stereocenters. The number of likely N-dealkylation sites (N-methyl/N-ethyl adjacent to an activating group) is 1. The molecule has 1 fully saturated rings. The molecule has 124 valence electrons. The van der Waals surface area contributed by atoms with Crippen LogP contribution in [-0.4, -0.2) is 79.7 Å². The van der Waals surface area contributed by atoms with Gasteiger partial charge in [0.25, 0.3) is 10.2 Å². The number of hydrogen-bond acceptors (Lipinski definition) is 5. The summed E-state index contributed by atoms with van der Waals surface area (Å²) in [6, 6.07) is 0. The number of hydrogen-bond donors (Lipinski definition) is 3. The number of aliphatic hydroxyl groups is 1. The molecule has 0 aromatic carbocycles. The second kappa shape index (κ2) is 7.01. The van der Waals surface area contributed by atoms with Crippen LogP contribution in [0.25, 0.3) is 0 Å². The summed E-state index contributed by atoms with van der Waals surface area (Å²) < 4.78 is 27.9. The van der Waals surface area contributed by atoms with E-state index in [0.717, 1.165) is 4.31 Å². The van der Waals surface area contributed by atoms with Gasteiger partial charge in [-0.25, -0.2) is 0 Å². The molecule has 1 aliphatic heterocycles. The highest BCUT2D eigenvalue weighted by molar-refractivity contribution is 7.87. The summed E-state index contributed by atoms with van der Waals surface area (Å²) in [5.74, 6) is -1.65. The number of carboxylic acids is 1. The number of nitrogens with one attached hydrogen (secondary N) is 1. The average molecular weight is 323 g/mol. The van der Waals surface area contributed by atoms with Gasteiger partial charge in [0.05, 0.1) is 11.5 Å². The van der Waals surface area contributed by atoms with Gasteiger partial charge in [0.1, 0.15) is 0 Å². The standard InChI is InChI=1S/C12H25N3O5S/c1-12(18,9-14(2)3)8-13-21(19,20)15-6-4-5-10(7-15)11(16)17/h10,13,18H,4-9H2,1-3H3,(H,16,17). The topological polar surface area (TPSA) is 110 Å². The molecule has 0 aliphatic carbocycles. The highest BCUT2D eigenvalue weighted by atomic mass is 32.2. The fourth-order valence-electron chi connectivity index (χ4n) is 2.44. The second-order valence-corrected chi connectivity index (χ2v) is 7.85. The number of carboxylic acid groups (broad SMARTS) is 1. The quantitative estimate of drug-likeness (QED) is 0.550. The molecule has 1 aliphatic rings. The SMILES string of the molecule is CN(C)CC(C)(O)CNS(=O)(=O)N1CCCC(C(=O)O)C1. The summed E-state index contributed by atoms with van der Waals surface area (Å²) in [5.41, 5.74) is -1.20. The fraction of sp³-hybridized carbons (Fsp3) is 0.917. The monoisotopic (exact) mass is 323 g/mol. The Labute approximate surface area is 125 Å². The zero-order valence-corrected chi connectivity index (χ0v) is 13.6. The highest BCUT2D eigenvalue weighted by Crippen LogP contribution is 2.19. The van der Waals surface area contributed by atoms with Crippen molar-refractivity contribution < 1.29 is 23.4 Å². The van der Waals surface area contributed by atoms with Crippen molar-refractivity contribution in [3.05, 3.63) is 0 Å². The molecule has 3 N–H and O–H groups in total. The average Bonchev–Trinajstić information content (AvgIpc) is 2.35. The Kier molecular flexibility index (Phi) is 6.11. The normalized spacial score (nSPS) is 24.0. The lowest BCUT2D eigenvalue weighted by Crippen LogP contribution is -2.52. The lowest BCUT2D eigenvalue weighted by atomic mass is 10.0. The summed E-state index contributed by atoms with van der Waals surface area (Å²) in [5, 5.41) is 19.1. The minimum absolute atomic E-state index is 0.0273. The summed E-state index contributed by atoms with van der Waals surface area (Å²) >= 11 is 0. The van der Waals surface area contributed by atoms with E-state index in [0.29, 0.717) is 25.9 Å². The van der Waals surface area contributed by atoms with Crippen LogP contribution in [0, 0.1) is 5.92 Å². The lowest BCUT2D eigenvalue weighted by molar-refractivity contribution is -0.142. The van der Waals surface area contributed by atoms with Crippen molar-refractivity contribution in [2.45, 2.75) is 25.4 Å². The molecule has 0 aromatic heterocycles. The van der Waals surface area contributed by atoms with E-state index in [1.54, 1.807) is 25.9 Å². The van der Waals surface area contributed by atoms with Crippen molar-refractivity contribution in [3.63, 3.8) is 0 Å². The largest absolute Gasteiger partial charge is 0.481 e. The number of rotatable bonds is 7. The van der Waals surface area contributed by atoms with Crippen molar-refractivity contribution in [1.82, 2.24) is 13.9 Å². The van der Waals surface area contributed by atoms with E-state index in [1.807, 2.05) is 0 Å². The zero-order valence-electron chi connectivity index (χ0n) is 12.7. The smallest absolute Gasteiger partial charge is 0.307 e. The molecule has 2 atom stereocenters. The molecule has 0 amide bonds. The lowest BCUT2D eigenvalue weighted by Gasteiger charge is -2.32. The summed E-state index contributed by atoms with van der Waals surface area (Å²) in [4.78, 5) is 12.7. The molecule has 8 nitrogen and oxygen atoms in total. The third-order valence-electron chi connectivity index (χ3n) is 3.37. The molecule has 0 radical (unpaired) electrons. The Morgan fingerprint density at radius 3 is 2.62 bits per heavy atom. The molecular weight excluding hydrogens is 298 g/mol. The molecule has 21 heavy (non-hydrogen) atoms. The van der Waals surface area contributed by atoms with Gasteiger partial charge >= 0.3 is 5.97 Å². The van der Waals surface area contributed by atoms with Gasteiger partial charge in [-0.15, -0.1) is 0 Å². The van der Waals surface area contributed by atoms with E-state index < -0.39 is 27.7 Å². The van der Waals surface area contributed by atoms with Crippen LogP contribution in [0.1, 0.15) is 19.8 Å². The van der Waals surface area contributed by atoms with E-state index in [4.69, 9.17) is 5.11 Å². The molecule has 0 aromatic rings. The first-order valence-corrected chi connectivity index (χ1v) is 8.32. The minimum atomic E-state index is -3.78. The van der Waals surface area contributed by atoms with Crippen LogP contribution in [0.3, 0.4) is 0 Å².